The highest BCUT2D eigenvalue weighted by Gasteiger charge is 2.40. The minimum absolute atomic E-state index is 0.0445. The van der Waals surface area contributed by atoms with E-state index in [0.717, 1.165) is 65.9 Å². The second-order valence-corrected chi connectivity index (χ2v) is 13.7. The number of benzene rings is 2. The van der Waals surface area contributed by atoms with Gasteiger partial charge >= 0.3 is 0 Å². The summed E-state index contributed by atoms with van der Waals surface area (Å²) in [5, 5.41) is 10.1. The van der Waals surface area contributed by atoms with Gasteiger partial charge in [0.05, 0.1) is 23.6 Å². The maximum Gasteiger partial charge on any atom is 0.272 e. The van der Waals surface area contributed by atoms with Crippen LogP contribution < -0.4 is 4.74 Å². The maximum absolute atomic E-state index is 13.7. The molecule has 1 fully saturated rings. The van der Waals surface area contributed by atoms with Gasteiger partial charge < -0.3 is 14.7 Å². The zero-order chi connectivity index (χ0) is 28.4. The molecule has 2 aliphatic heterocycles. The molecule has 212 valence electrons. The Balaban J connectivity index is 1.67. The van der Waals surface area contributed by atoms with E-state index in [1.54, 1.807) is 7.11 Å². The van der Waals surface area contributed by atoms with Crippen LogP contribution in [0.3, 0.4) is 0 Å². The molecule has 0 unspecified atom stereocenters. The number of piperidine rings is 1. The van der Waals surface area contributed by atoms with Crippen molar-refractivity contribution in [2.45, 2.75) is 63.8 Å². The maximum atomic E-state index is 13.7. The predicted molar refractivity (Wildman–Crippen MR) is 159 cm³/mol. The Labute approximate surface area is 239 Å². The number of aliphatic hydroxyl groups excluding tert-OH is 1. The number of aromatic nitrogens is 1. The van der Waals surface area contributed by atoms with E-state index in [2.05, 4.69) is 6.07 Å². The Morgan fingerprint density at radius 3 is 2.48 bits per heavy atom. The number of ether oxygens (including phenoxy) is 1. The van der Waals surface area contributed by atoms with E-state index in [9.17, 15) is 14.1 Å². The number of fused-ring (bicyclic) bond motifs is 1. The van der Waals surface area contributed by atoms with Gasteiger partial charge in [-0.3, -0.25) is 4.79 Å². The molecule has 5 rings (SSSR count). The zero-order valence-electron chi connectivity index (χ0n) is 23.9. The van der Waals surface area contributed by atoms with Gasteiger partial charge in [-0.05, 0) is 75.8 Å². The molecular formula is C32H39N3O4S. The Hall–Kier alpha value is -3.07. The van der Waals surface area contributed by atoms with Crippen molar-refractivity contribution in [2.75, 3.05) is 26.8 Å². The molecule has 8 heteroatoms. The fourth-order valence-electron chi connectivity index (χ4n) is 5.77. The molecular weight excluding hydrogens is 522 g/mol. The van der Waals surface area contributed by atoms with E-state index < -0.39 is 15.7 Å². The van der Waals surface area contributed by atoms with Crippen LogP contribution in [0.1, 0.15) is 74.1 Å². The van der Waals surface area contributed by atoms with Gasteiger partial charge in [-0.1, -0.05) is 36.4 Å². The lowest BCUT2D eigenvalue weighted by Crippen LogP contribution is -2.36. The van der Waals surface area contributed by atoms with Crippen molar-refractivity contribution < 1.29 is 18.8 Å². The van der Waals surface area contributed by atoms with E-state index in [1.165, 1.54) is 0 Å². The van der Waals surface area contributed by atoms with Gasteiger partial charge in [0.2, 0.25) is 0 Å². The van der Waals surface area contributed by atoms with Crippen LogP contribution >= 0.6 is 0 Å². The van der Waals surface area contributed by atoms with Gasteiger partial charge in [-0.15, -0.1) is 0 Å². The molecule has 0 bridgehead atoms. The van der Waals surface area contributed by atoms with Crippen molar-refractivity contribution in [3.8, 4) is 28.1 Å². The number of hydrogen-bond donors (Lipinski definition) is 1. The van der Waals surface area contributed by atoms with Gasteiger partial charge in [0.15, 0.2) is 0 Å². The summed E-state index contributed by atoms with van der Waals surface area (Å²) in [6.07, 6.45) is 3.57. The number of carbonyl (C=O) groups excluding carboxylic acids is 1. The minimum Gasteiger partial charge on any atom is -0.496 e. The molecule has 40 heavy (non-hydrogen) atoms. The fraction of sp³-hybridized carbons (Fsp3) is 0.438. The van der Waals surface area contributed by atoms with Gasteiger partial charge in [0.1, 0.15) is 22.4 Å². The summed E-state index contributed by atoms with van der Waals surface area (Å²) in [6, 6.07) is 17.6. The van der Waals surface area contributed by atoms with Crippen molar-refractivity contribution in [3.63, 3.8) is 0 Å². The van der Waals surface area contributed by atoms with E-state index in [4.69, 9.17) is 9.72 Å². The predicted octanol–water partition coefficient (Wildman–Crippen LogP) is 5.75. The fourth-order valence-corrected chi connectivity index (χ4v) is 7.18. The average Bonchev–Trinajstić information content (AvgIpc) is 3.34. The van der Waals surface area contributed by atoms with Crippen LogP contribution in [0.2, 0.25) is 0 Å². The number of nitrogens with zero attached hydrogens (tertiary/aromatic N) is 3. The third-order valence-electron chi connectivity index (χ3n) is 7.71. The van der Waals surface area contributed by atoms with Crippen molar-refractivity contribution in [3.05, 3.63) is 71.4 Å². The molecule has 0 spiro atoms. The number of hydrogen-bond acceptors (Lipinski definition) is 5. The highest BCUT2D eigenvalue weighted by Crippen LogP contribution is 2.44. The molecule has 0 radical (unpaired) electrons. The molecule has 1 amide bonds. The largest absolute Gasteiger partial charge is 0.496 e. The number of carbonyl (C=O) groups is 1. The molecule has 3 aromatic rings. The monoisotopic (exact) mass is 561 g/mol. The van der Waals surface area contributed by atoms with Crippen LogP contribution in [-0.4, -0.2) is 61.0 Å². The minimum atomic E-state index is -1.31. The summed E-state index contributed by atoms with van der Waals surface area (Å²) in [5.74, 6) is 0.718. The van der Waals surface area contributed by atoms with Gasteiger partial charge in [0, 0.05) is 42.9 Å². The molecule has 1 N–H and O–H groups in total. The van der Waals surface area contributed by atoms with Crippen LogP contribution in [-0.2, 0) is 17.5 Å². The molecule has 2 atom stereocenters. The second-order valence-electron chi connectivity index (χ2n) is 11.5. The van der Waals surface area contributed by atoms with Crippen molar-refractivity contribution in [1.82, 2.24) is 14.2 Å². The van der Waals surface area contributed by atoms with Crippen LogP contribution in [0.25, 0.3) is 22.4 Å². The normalized spacial score (nSPS) is 18.4. The topological polar surface area (TPSA) is 83.0 Å². The van der Waals surface area contributed by atoms with E-state index in [1.807, 2.05) is 78.5 Å². The third kappa shape index (κ3) is 5.57. The highest BCUT2D eigenvalue weighted by molar-refractivity contribution is 7.84. The Bertz CT molecular complexity index is 1410. The summed E-state index contributed by atoms with van der Waals surface area (Å²) in [6.45, 7) is 7.76. The standard InChI is InChI=1S/C32H39N3O4S/c1-32(2,3)40(38)35-21-24-20-26(31(37)34-16-8-5-9-17-34)33-30(29(24)27(35)15-18-36)23-12-10-11-22(19-23)25-13-6-7-14-28(25)39-4/h6-7,10-14,19-20,27,36H,5,8-9,15-18,21H2,1-4H3/t27-,40-/m0/s1. The lowest BCUT2D eigenvalue weighted by Gasteiger charge is -2.30. The first-order chi connectivity index (χ1) is 19.2. The summed E-state index contributed by atoms with van der Waals surface area (Å²) in [7, 11) is 0.350. The number of rotatable bonds is 7. The van der Waals surface area contributed by atoms with Gasteiger partial charge in [-0.2, -0.15) is 0 Å². The van der Waals surface area contributed by atoms with Crippen LogP contribution in [0.15, 0.2) is 54.6 Å². The highest BCUT2D eigenvalue weighted by atomic mass is 32.2. The first kappa shape index (κ1) is 28.5. The molecule has 2 aromatic carbocycles. The molecule has 7 nitrogen and oxygen atoms in total. The molecule has 1 aromatic heterocycles. The zero-order valence-corrected chi connectivity index (χ0v) is 24.7. The van der Waals surface area contributed by atoms with Crippen LogP contribution in [0.5, 0.6) is 5.75 Å². The molecule has 3 heterocycles. The second kappa shape index (κ2) is 11.8. The summed E-state index contributed by atoms with van der Waals surface area (Å²) >= 11 is 0. The molecule has 2 aliphatic rings. The Kier molecular flexibility index (Phi) is 8.40. The SMILES string of the molecule is COc1ccccc1-c1cccc(-c2nc(C(=O)N3CCCCC3)cc3c2[C@H](CCO)N([S@@](=O)C(C)(C)C)C3)c1. The number of pyridine rings is 1. The molecule has 0 aliphatic carbocycles. The number of amides is 1. The van der Waals surface area contributed by atoms with Crippen molar-refractivity contribution >= 4 is 16.9 Å². The lowest BCUT2D eigenvalue weighted by atomic mass is 9.93. The summed E-state index contributed by atoms with van der Waals surface area (Å²) < 4.78 is 20.8. The number of aliphatic hydroxyl groups is 1. The first-order valence-corrected chi connectivity index (χ1v) is 15.2. The smallest absolute Gasteiger partial charge is 0.272 e. The van der Waals surface area contributed by atoms with E-state index >= 15 is 0 Å². The van der Waals surface area contributed by atoms with Crippen LogP contribution in [0.4, 0.5) is 0 Å². The Morgan fingerprint density at radius 1 is 1.05 bits per heavy atom. The Morgan fingerprint density at radius 2 is 1.77 bits per heavy atom. The summed E-state index contributed by atoms with van der Waals surface area (Å²) in [5.41, 5.74) is 5.84. The van der Waals surface area contributed by atoms with E-state index in [-0.39, 0.29) is 18.6 Å². The van der Waals surface area contributed by atoms with Crippen molar-refractivity contribution in [1.29, 1.82) is 0 Å². The average molecular weight is 562 g/mol. The van der Waals surface area contributed by atoms with Gasteiger partial charge in [-0.25, -0.2) is 13.5 Å². The summed E-state index contributed by atoms with van der Waals surface area (Å²) in [4.78, 5) is 20.6. The number of para-hydroxylation sites is 1. The first-order valence-electron chi connectivity index (χ1n) is 14.1. The van der Waals surface area contributed by atoms with E-state index in [0.29, 0.717) is 24.4 Å². The third-order valence-corrected chi connectivity index (χ3v) is 9.56. The van der Waals surface area contributed by atoms with Gasteiger partial charge in [0.25, 0.3) is 5.91 Å². The number of likely N-dealkylation sites (tertiary alicyclic amines) is 1. The molecule has 1 saturated heterocycles. The quantitative estimate of drug-likeness (QED) is 0.397. The lowest BCUT2D eigenvalue weighted by molar-refractivity contribution is 0.0718. The van der Waals surface area contributed by atoms with Crippen LogP contribution in [0, 0.1) is 0 Å². The number of methoxy groups -OCH3 is 1. The van der Waals surface area contributed by atoms with Crippen molar-refractivity contribution in [2.24, 2.45) is 0 Å². The molecule has 0 saturated carbocycles.